The molecule has 0 bridgehead atoms. The van der Waals surface area contributed by atoms with E-state index in [0.717, 1.165) is 16.7 Å². The number of benzene rings is 2. The van der Waals surface area contributed by atoms with Gasteiger partial charge in [-0.1, -0.05) is 74.3 Å². The lowest BCUT2D eigenvalue weighted by molar-refractivity contribution is -0.141. The molecule has 2 aromatic carbocycles. The van der Waals surface area contributed by atoms with E-state index < -0.39 is 6.04 Å². The van der Waals surface area contributed by atoms with Gasteiger partial charge in [0.15, 0.2) is 0 Å². The molecular weight excluding hydrogens is 419 g/mol. The lowest BCUT2D eigenvalue weighted by Crippen LogP contribution is -2.50. The third-order valence-corrected chi connectivity index (χ3v) is 5.75. The van der Waals surface area contributed by atoms with Crippen molar-refractivity contribution >= 4 is 35.0 Å². The Morgan fingerprint density at radius 3 is 2.37 bits per heavy atom. The number of rotatable bonds is 9. The minimum absolute atomic E-state index is 0.122. The highest BCUT2D eigenvalue weighted by molar-refractivity contribution is 6.42. The van der Waals surface area contributed by atoms with E-state index in [2.05, 4.69) is 5.32 Å². The SMILES string of the molecule is CC[C@H](C(=O)NCC(C)C)N(Cc1ccccc1C)C(=O)Cc1ccc(Cl)c(Cl)c1. The first-order valence-corrected chi connectivity index (χ1v) is 11.0. The Hall–Kier alpha value is -2.04. The third-order valence-electron chi connectivity index (χ3n) is 5.01. The molecule has 0 saturated heterocycles. The first-order valence-electron chi connectivity index (χ1n) is 10.3. The maximum Gasteiger partial charge on any atom is 0.242 e. The summed E-state index contributed by atoms with van der Waals surface area (Å²) in [5, 5.41) is 3.84. The Kier molecular flexibility index (Phi) is 9.19. The normalized spacial score (nSPS) is 12.0. The Balaban J connectivity index is 2.30. The topological polar surface area (TPSA) is 49.4 Å². The highest BCUT2D eigenvalue weighted by atomic mass is 35.5. The number of aryl methyl sites for hydroxylation is 1. The first kappa shape index (κ1) is 24.2. The number of hydrogen-bond acceptors (Lipinski definition) is 2. The smallest absolute Gasteiger partial charge is 0.242 e. The number of amides is 2. The fourth-order valence-electron chi connectivity index (χ4n) is 3.24. The molecule has 30 heavy (non-hydrogen) atoms. The Labute approximate surface area is 189 Å². The van der Waals surface area contributed by atoms with Gasteiger partial charge in [0.2, 0.25) is 11.8 Å². The minimum atomic E-state index is -0.543. The van der Waals surface area contributed by atoms with Gasteiger partial charge in [-0.25, -0.2) is 0 Å². The van der Waals surface area contributed by atoms with E-state index in [1.165, 1.54) is 0 Å². The zero-order chi connectivity index (χ0) is 22.3. The van der Waals surface area contributed by atoms with E-state index >= 15 is 0 Å². The van der Waals surface area contributed by atoms with E-state index in [9.17, 15) is 9.59 Å². The Morgan fingerprint density at radius 2 is 1.77 bits per heavy atom. The molecule has 1 N–H and O–H groups in total. The van der Waals surface area contributed by atoms with Gasteiger partial charge >= 0.3 is 0 Å². The molecule has 6 heteroatoms. The largest absolute Gasteiger partial charge is 0.354 e. The first-order chi connectivity index (χ1) is 14.2. The number of nitrogens with zero attached hydrogens (tertiary/aromatic N) is 1. The van der Waals surface area contributed by atoms with Gasteiger partial charge in [-0.05, 0) is 48.1 Å². The molecule has 0 radical (unpaired) electrons. The van der Waals surface area contributed by atoms with Crippen LogP contribution in [0.2, 0.25) is 10.0 Å². The molecule has 0 fully saturated rings. The second kappa shape index (κ2) is 11.4. The van der Waals surface area contributed by atoms with Crippen LogP contribution in [-0.2, 0) is 22.6 Å². The molecule has 0 aliphatic carbocycles. The summed E-state index contributed by atoms with van der Waals surface area (Å²) in [5.74, 6) is 0.0913. The summed E-state index contributed by atoms with van der Waals surface area (Å²) in [4.78, 5) is 27.9. The zero-order valence-electron chi connectivity index (χ0n) is 18.0. The van der Waals surface area contributed by atoms with Crippen molar-refractivity contribution in [1.82, 2.24) is 10.2 Å². The van der Waals surface area contributed by atoms with Crippen molar-refractivity contribution < 1.29 is 9.59 Å². The predicted octanol–water partition coefficient (Wildman–Crippen LogP) is 5.42. The average molecular weight is 449 g/mol. The van der Waals surface area contributed by atoms with Crippen LogP contribution in [0.5, 0.6) is 0 Å². The summed E-state index contributed by atoms with van der Waals surface area (Å²) < 4.78 is 0. The summed E-state index contributed by atoms with van der Waals surface area (Å²) >= 11 is 12.1. The summed E-state index contributed by atoms with van der Waals surface area (Å²) in [6.07, 6.45) is 0.680. The molecule has 2 aromatic rings. The number of halogens is 2. The van der Waals surface area contributed by atoms with Crippen LogP contribution in [0, 0.1) is 12.8 Å². The van der Waals surface area contributed by atoms with Gasteiger partial charge in [0, 0.05) is 13.1 Å². The fourth-order valence-corrected chi connectivity index (χ4v) is 3.56. The van der Waals surface area contributed by atoms with Crippen molar-refractivity contribution in [3.63, 3.8) is 0 Å². The second-order valence-corrected chi connectivity index (χ2v) is 8.75. The van der Waals surface area contributed by atoms with Gasteiger partial charge in [0.05, 0.1) is 16.5 Å². The average Bonchev–Trinajstić information content (AvgIpc) is 2.70. The van der Waals surface area contributed by atoms with Crippen molar-refractivity contribution in [3.8, 4) is 0 Å². The highest BCUT2D eigenvalue weighted by Crippen LogP contribution is 2.24. The van der Waals surface area contributed by atoms with Gasteiger partial charge in [0.25, 0.3) is 0 Å². The van der Waals surface area contributed by atoms with Crippen LogP contribution in [0.1, 0.15) is 43.9 Å². The van der Waals surface area contributed by atoms with Crippen LogP contribution in [0.3, 0.4) is 0 Å². The molecule has 0 unspecified atom stereocenters. The van der Waals surface area contributed by atoms with Gasteiger partial charge in [-0.15, -0.1) is 0 Å². The Bertz CT molecular complexity index is 883. The van der Waals surface area contributed by atoms with Crippen LogP contribution in [0.25, 0.3) is 0 Å². The van der Waals surface area contributed by atoms with Crippen molar-refractivity contribution in [3.05, 3.63) is 69.2 Å². The number of carbonyl (C=O) groups is 2. The molecule has 0 aromatic heterocycles. The number of hydrogen-bond donors (Lipinski definition) is 1. The third kappa shape index (κ3) is 6.75. The fraction of sp³-hybridized carbons (Fsp3) is 0.417. The van der Waals surface area contributed by atoms with E-state index in [-0.39, 0.29) is 18.2 Å². The van der Waals surface area contributed by atoms with Gasteiger partial charge < -0.3 is 10.2 Å². The zero-order valence-corrected chi connectivity index (χ0v) is 19.6. The molecule has 0 heterocycles. The van der Waals surface area contributed by atoms with Crippen molar-refractivity contribution in [2.24, 2.45) is 5.92 Å². The lowest BCUT2D eigenvalue weighted by Gasteiger charge is -2.31. The maximum atomic E-state index is 13.3. The summed E-state index contributed by atoms with van der Waals surface area (Å²) in [5.41, 5.74) is 2.87. The van der Waals surface area contributed by atoms with Crippen LogP contribution in [0.4, 0.5) is 0 Å². The van der Waals surface area contributed by atoms with Crippen LogP contribution in [-0.4, -0.2) is 29.3 Å². The quantitative estimate of drug-likeness (QED) is 0.556. The number of nitrogens with one attached hydrogen (secondary N) is 1. The molecule has 0 spiro atoms. The molecule has 1 atom stereocenters. The molecule has 4 nitrogen and oxygen atoms in total. The van der Waals surface area contributed by atoms with Gasteiger partial charge in [-0.2, -0.15) is 0 Å². The van der Waals surface area contributed by atoms with Crippen molar-refractivity contribution in [1.29, 1.82) is 0 Å². The van der Waals surface area contributed by atoms with Crippen LogP contribution < -0.4 is 5.32 Å². The van der Waals surface area contributed by atoms with Crippen molar-refractivity contribution in [2.45, 2.75) is 53.1 Å². The Morgan fingerprint density at radius 1 is 1.07 bits per heavy atom. The second-order valence-electron chi connectivity index (χ2n) is 7.94. The summed E-state index contributed by atoms with van der Waals surface area (Å²) in [6.45, 7) is 8.98. The monoisotopic (exact) mass is 448 g/mol. The molecule has 2 amide bonds. The van der Waals surface area contributed by atoms with E-state index in [0.29, 0.717) is 35.5 Å². The van der Waals surface area contributed by atoms with E-state index in [4.69, 9.17) is 23.2 Å². The minimum Gasteiger partial charge on any atom is -0.354 e. The summed E-state index contributed by atoms with van der Waals surface area (Å²) in [7, 11) is 0. The molecule has 2 rings (SSSR count). The van der Waals surface area contributed by atoms with E-state index in [1.807, 2.05) is 52.0 Å². The molecule has 0 aliphatic heterocycles. The summed E-state index contributed by atoms with van der Waals surface area (Å²) in [6, 6.07) is 12.6. The predicted molar refractivity (Wildman–Crippen MR) is 124 cm³/mol. The van der Waals surface area contributed by atoms with Crippen molar-refractivity contribution in [2.75, 3.05) is 6.54 Å². The molecule has 162 valence electrons. The van der Waals surface area contributed by atoms with Gasteiger partial charge in [0.1, 0.15) is 6.04 Å². The number of carbonyl (C=O) groups excluding carboxylic acids is 2. The standard InChI is InChI=1S/C24H30Cl2N2O2/c1-5-22(24(30)27-14-16(2)3)28(15-19-9-7-6-8-17(19)4)23(29)13-18-10-11-20(25)21(26)12-18/h6-12,16,22H,5,13-15H2,1-4H3,(H,27,30)/t22-/m1/s1. The van der Waals surface area contributed by atoms with E-state index in [1.54, 1.807) is 23.1 Å². The molecule has 0 aliphatic rings. The van der Waals surface area contributed by atoms with Crippen LogP contribution >= 0.6 is 23.2 Å². The molecular formula is C24H30Cl2N2O2. The van der Waals surface area contributed by atoms with Gasteiger partial charge in [-0.3, -0.25) is 9.59 Å². The highest BCUT2D eigenvalue weighted by Gasteiger charge is 2.29. The maximum absolute atomic E-state index is 13.3. The van der Waals surface area contributed by atoms with Crippen LogP contribution in [0.15, 0.2) is 42.5 Å². The lowest BCUT2D eigenvalue weighted by atomic mass is 10.0. The molecule has 0 saturated carbocycles.